The number of nitrogens with one attached hydrogen (secondary N) is 2. The second kappa shape index (κ2) is 4.46. The first kappa shape index (κ1) is 8.68. The lowest BCUT2D eigenvalue weighted by molar-refractivity contribution is -0.116. The van der Waals surface area contributed by atoms with E-state index in [1.54, 1.807) is 6.92 Å². The fraction of sp³-hybridized carbons (Fsp3) is 0.875. The SMILES string of the molecule is CC(=O)CNC1CCNCC1. The van der Waals surface area contributed by atoms with Crippen LogP contribution in [0.25, 0.3) is 0 Å². The molecule has 0 aromatic heterocycles. The molecule has 3 nitrogen and oxygen atoms in total. The molecular weight excluding hydrogens is 140 g/mol. The molecule has 0 atom stereocenters. The van der Waals surface area contributed by atoms with E-state index in [0.717, 1.165) is 25.9 Å². The van der Waals surface area contributed by atoms with Crippen LogP contribution in [-0.4, -0.2) is 31.5 Å². The summed E-state index contributed by atoms with van der Waals surface area (Å²) in [4.78, 5) is 10.6. The van der Waals surface area contributed by atoms with E-state index >= 15 is 0 Å². The van der Waals surface area contributed by atoms with Crippen molar-refractivity contribution in [3.8, 4) is 0 Å². The first-order chi connectivity index (χ1) is 5.29. The third-order valence-electron chi connectivity index (χ3n) is 1.98. The van der Waals surface area contributed by atoms with E-state index in [-0.39, 0.29) is 5.78 Å². The van der Waals surface area contributed by atoms with Gasteiger partial charge in [0.25, 0.3) is 0 Å². The third kappa shape index (κ3) is 3.49. The van der Waals surface area contributed by atoms with E-state index in [2.05, 4.69) is 10.6 Å². The van der Waals surface area contributed by atoms with E-state index in [0.29, 0.717) is 12.6 Å². The lowest BCUT2D eigenvalue weighted by Crippen LogP contribution is -2.41. The molecule has 64 valence electrons. The van der Waals surface area contributed by atoms with Crippen molar-refractivity contribution < 1.29 is 4.79 Å². The van der Waals surface area contributed by atoms with Crippen molar-refractivity contribution in [2.24, 2.45) is 0 Å². The normalized spacial score (nSPS) is 20.1. The van der Waals surface area contributed by atoms with Gasteiger partial charge in [-0.2, -0.15) is 0 Å². The smallest absolute Gasteiger partial charge is 0.143 e. The topological polar surface area (TPSA) is 41.1 Å². The third-order valence-corrected chi connectivity index (χ3v) is 1.98. The van der Waals surface area contributed by atoms with Crippen molar-refractivity contribution in [2.75, 3.05) is 19.6 Å². The molecule has 2 N–H and O–H groups in total. The molecule has 0 aromatic carbocycles. The predicted octanol–water partition coefficient (Wildman–Crippen LogP) is -0.0830. The van der Waals surface area contributed by atoms with Gasteiger partial charge in [0.05, 0.1) is 6.54 Å². The Kier molecular flexibility index (Phi) is 3.52. The van der Waals surface area contributed by atoms with Gasteiger partial charge in [-0.3, -0.25) is 4.79 Å². The molecule has 1 saturated heterocycles. The Labute approximate surface area is 67.5 Å². The number of Topliss-reactive ketones (excluding diaryl/α,β-unsaturated/α-hetero) is 1. The van der Waals surface area contributed by atoms with E-state index in [1.165, 1.54) is 0 Å². The molecule has 3 heteroatoms. The average Bonchev–Trinajstić information content (AvgIpc) is 2.03. The van der Waals surface area contributed by atoms with Crippen molar-refractivity contribution >= 4 is 5.78 Å². The molecule has 1 aliphatic rings. The van der Waals surface area contributed by atoms with Crippen molar-refractivity contribution in [1.82, 2.24) is 10.6 Å². The first-order valence-electron chi connectivity index (χ1n) is 4.22. The Balaban J connectivity index is 2.09. The van der Waals surface area contributed by atoms with Crippen LogP contribution in [0.5, 0.6) is 0 Å². The summed E-state index contributed by atoms with van der Waals surface area (Å²) in [5, 5.41) is 6.51. The van der Waals surface area contributed by atoms with Gasteiger partial charge in [-0.1, -0.05) is 0 Å². The van der Waals surface area contributed by atoms with Gasteiger partial charge in [-0.15, -0.1) is 0 Å². The molecule has 0 spiro atoms. The second-order valence-electron chi connectivity index (χ2n) is 3.11. The van der Waals surface area contributed by atoms with Gasteiger partial charge in [0, 0.05) is 6.04 Å². The lowest BCUT2D eigenvalue weighted by Gasteiger charge is -2.23. The molecule has 0 radical (unpaired) electrons. The Hall–Kier alpha value is -0.410. The van der Waals surface area contributed by atoms with Crippen molar-refractivity contribution in [2.45, 2.75) is 25.8 Å². The number of hydrogen-bond donors (Lipinski definition) is 2. The highest BCUT2D eigenvalue weighted by molar-refractivity contribution is 5.77. The molecule has 1 rings (SSSR count). The fourth-order valence-electron chi connectivity index (χ4n) is 1.31. The Morgan fingerprint density at radius 3 is 2.73 bits per heavy atom. The molecule has 1 heterocycles. The van der Waals surface area contributed by atoms with Gasteiger partial charge in [0.15, 0.2) is 0 Å². The Morgan fingerprint density at radius 2 is 2.18 bits per heavy atom. The summed E-state index contributed by atoms with van der Waals surface area (Å²) in [6.07, 6.45) is 2.29. The number of rotatable bonds is 3. The van der Waals surface area contributed by atoms with Gasteiger partial charge in [-0.05, 0) is 32.9 Å². The van der Waals surface area contributed by atoms with Crippen LogP contribution in [-0.2, 0) is 4.79 Å². The van der Waals surface area contributed by atoms with E-state index in [1.807, 2.05) is 0 Å². The van der Waals surface area contributed by atoms with Crippen LogP contribution in [0.15, 0.2) is 0 Å². The Morgan fingerprint density at radius 1 is 1.55 bits per heavy atom. The summed E-state index contributed by atoms with van der Waals surface area (Å²) >= 11 is 0. The second-order valence-corrected chi connectivity index (χ2v) is 3.11. The van der Waals surface area contributed by atoms with Crippen molar-refractivity contribution in [1.29, 1.82) is 0 Å². The minimum absolute atomic E-state index is 0.225. The van der Waals surface area contributed by atoms with Crippen LogP contribution in [0.4, 0.5) is 0 Å². The zero-order chi connectivity index (χ0) is 8.10. The highest BCUT2D eigenvalue weighted by Crippen LogP contribution is 2.00. The zero-order valence-electron chi connectivity index (χ0n) is 7.02. The summed E-state index contributed by atoms with van der Waals surface area (Å²) < 4.78 is 0. The Bertz CT molecular complexity index is 130. The standard InChI is InChI=1S/C8H16N2O/c1-7(11)6-10-8-2-4-9-5-3-8/h8-10H,2-6H2,1H3. The highest BCUT2D eigenvalue weighted by Gasteiger charge is 2.11. The fourth-order valence-corrected chi connectivity index (χ4v) is 1.31. The van der Waals surface area contributed by atoms with Gasteiger partial charge in [0.1, 0.15) is 5.78 Å². The monoisotopic (exact) mass is 156 g/mol. The van der Waals surface area contributed by atoms with Crippen LogP contribution in [0.2, 0.25) is 0 Å². The number of ketones is 1. The van der Waals surface area contributed by atoms with E-state index < -0.39 is 0 Å². The molecule has 0 amide bonds. The molecule has 0 unspecified atom stereocenters. The average molecular weight is 156 g/mol. The van der Waals surface area contributed by atoms with E-state index in [4.69, 9.17) is 0 Å². The summed E-state index contributed by atoms with van der Waals surface area (Å²) in [6, 6.07) is 0.556. The van der Waals surface area contributed by atoms with Gasteiger partial charge < -0.3 is 10.6 Å². The highest BCUT2D eigenvalue weighted by atomic mass is 16.1. The van der Waals surface area contributed by atoms with Crippen LogP contribution >= 0.6 is 0 Å². The summed E-state index contributed by atoms with van der Waals surface area (Å²) in [7, 11) is 0. The molecule has 11 heavy (non-hydrogen) atoms. The number of carbonyl (C=O) groups excluding carboxylic acids is 1. The number of piperidine rings is 1. The minimum Gasteiger partial charge on any atom is -0.317 e. The largest absolute Gasteiger partial charge is 0.317 e. The van der Waals surface area contributed by atoms with Crippen LogP contribution in [0.1, 0.15) is 19.8 Å². The summed E-state index contributed by atoms with van der Waals surface area (Å²) in [5.41, 5.74) is 0. The summed E-state index contributed by atoms with van der Waals surface area (Å²) in [6.45, 7) is 4.31. The van der Waals surface area contributed by atoms with Crippen molar-refractivity contribution in [3.63, 3.8) is 0 Å². The number of carbonyl (C=O) groups is 1. The maximum atomic E-state index is 10.6. The molecule has 0 bridgehead atoms. The minimum atomic E-state index is 0.225. The van der Waals surface area contributed by atoms with Gasteiger partial charge in [-0.25, -0.2) is 0 Å². The van der Waals surface area contributed by atoms with Crippen molar-refractivity contribution in [3.05, 3.63) is 0 Å². The molecule has 0 aliphatic carbocycles. The van der Waals surface area contributed by atoms with Gasteiger partial charge in [0.2, 0.25) is 0 Å². The quantitative estimate of drug-likeness (QED) is 0.600. The van der Waals surface area contributed by atoms with Crippen LogP contribution in [0, 0.1) is 0 Å². The molecular formula is C8H16N2O. The molecule has 0 saturated carbocycles. The zero-order valence-corrected chi connectivity index (χ0v) is 7.02. The summed E-state index contributed by atoms with van der Waals surface area (Å²) in [5.74, 6) is 0.225. The van der Waals surface area contributed by atoms with Crippen LogP contribution in [0.3, 0.4) is 0 Å². The predicted molar refractivity (Wildman–Crippen MR) is 44.6 cm³/mol. The van der Waals surface area contributed by atoms with Gasteiger partial charge >= 0.3 is 0 Å². The lowest BCUT2D eigenvalue weighted by atomic mass is 10.1. The van der Waals surface area contributed by atoms with Crippen LogP contribution < -0.4 is 10.6 Å². The van der Waals surface area contributed by atoms with E-state index in [9.17, 15) is 4.79 Å². The maximum absolute atomic E-state index is 10.6. The number of hydrogen-bond acceptors (Lipinski definition) is 3. The molecule has 1 aliphatic heterocycles. The molecule has 1 fully saturated rings. The maximum Gasteiger partial charge on any atom is 0.143 e. The first-order valence-corrected chi connectivity index (χ1v) is 4.22. The molecule has 0 aromatic rings.